The maximum atomic E-state index is 13.2. The fourth-order valence-corrected chi connectivity index (χ4v) is 5.24. The van der Waals surface area contributed by atoms with E-state index in [1.807, 2.05) is 4.90 Å². The van der Waals surface area contributed by atoms with E-state index >= 15 is 0 Å². The third-order valence-electron chi connectivity index (χ3n) is 6.50. The summed E-state index contributed by atoms with van der Waals surface area (Å²) < 4.78 is 23.3. The molecule has 1 atom stereocenters. The molecule has 0 radical (unpaired) electrons. The van der Waals surface area contributed by atoms with Gasteiger partial charge in [-0.25, -0.2) is 18.4 Å². The zero-order valence-electron chi connectivity index (χ0n) is 18.9. The van der Waals surface area contributed by atoms with Crippen LogP contribution in [0.2, 0.25) is 0 Å². The lowest BCUT2D eigenvalue weighted by Crippen LogP contribution is -2.72. The van der Waals surface area contributed by atoms with Crippen molar-refractivity contribution in [1.29, 1.82) is 0 Å². The predicted molar refractivity (Wildman–Crippen MR) is 124 cm³/mol. The number of anilines is 1. The van der Waals surface area contributed by atoms with Crippen LogP contribution < -0.4 is 26.0 Å². The second kappa shape index (κ2) is 10.6. The Morgan fingerprint density at radius 1 is 1.00 bits per heavy atom. The molecule has 10 nitrogen and oxygen atoms in total. The van der Waals surface area contributed by atoms with Crippen molar-refractivity contribution in [3.05, 3.63) is 24.3 Å². The van der Waals surface area contributed by atoms with E-state index in [4.69, 9.17) is 5.14 Å². The van der Waals surface area contributed by atoms with Gasteiger partial charge in [-0.1, -0.05) is 45.4 Å². The van der Waals surface area contributed by atoms with Crippen molar-refractivity contribution in [2.45, 2.75) is 62.8 Å². The van der Waals surface area contributed by atoms with Gasteiger partial charge in [0.25, 0.3) is 0 Å². The molecule has 11 heteroatoms. The molecule has 1 unspecified atom stereocenters. The van der Waals surface area contributed by atoms with Crippen LogP contribution in [-0.4, -0.2) is 51.9 Å². The van der Waals surface area contributed by atoms with Crippen LogP contribution in [0.1, 0.15) is 51.9 Å². The van der Waals surface area contributed by atoms with Gasteiger partial charge in [-0.3, -0.25) is 20.2 Å². The maximum Gasteiger partial charge on any atom is 0.328 e. The van der Waals surface area contributed by atoms with Gasteiger partial charge in [0.05, 0.1) is 10.9 Å². The number of amides is 4. The number of rotatable bonds is 10. The highest BCUT2D eigenvalue weighted by molar-refractivity contribution is 7.89. The standard InChI is InChI=1S/C22H33N5O5S/c1-2-3-4-5-6-7-12-22(19(28)25-21(30)26-20(22)29)18-15-24-13-14-27(18)16-8-10-17(11-9-16)33(23,31)32/h8-11,18,24H,2-7,12-15H2,1H3,(H2,23,31,32)(H2,25,26,28,29,30). The number of nitrogens with one attached hydrogen (secondary N) is 3. The molecule has 1 aromatic rings. The zero-order valence-corrected chi connectivity index (χ0v) is 19.7. The minimum absolute atomic E-state index is 0.0153. The molecule has 0 spiro atoms. The van der Waals surface area contributed by atoms with Crippen LogP contribution >= 0.6 is 0 Å². The molecule has 2 fully saturated rings. The van der Waals surface area contributed by atoms with Gasteiger partial charge in [0.1, 0.15) is 5.41 Å². The van der Waals surface area contributed by atoms with Crippen LogP contribution in [0.4, 0.5) is 10.5 Å². The van der Waals surface area contributed by atoms with Gasteiger partial charge in [0.15, 0.2) is 0 Å². The van der Waals surface area contributed by atoms with Crippen LogP contribution in [-0.2, 0) is 19.6 Å². The zero-order chi connectivity index (χ0) is 24.1. The van der Waals surface area contributed by atoms with Crippen molar-refractivity contribution in [3.63, 3.8) is 0 Å². The number of imide groups is 2. The van der Waals surface area contributed by atoms with E-state index in [0.717, 1.165) is 32.1 Å². The SMILES string of the molecule is CCCCCCCCC1(C2CNCCN2c2ccc(S(N)(=O)=O)cc2)C(=O)NC(=O)NC1=O. The smallest absolute Gasteiger partial charge is 0.328 e. The van der Waals surface area contributed by atoms with Gasteiger partial charge in [-0.05, 0) is 30.7 Å². The molecule has 33 heavy (non-hydrogen) atoms. The lowest BCUT2D eigenvalue weighted by molar-refractivity contribution is -0.147. The van der Waals surface area contributed by atoms with Gasteiger partial charge < -0.3 is 10.2 Å². The van der Waals surface area contributed by atoms with Crippen LogP contribution in [0.25, 0.3) is 0 Å². The van der Waals surface area contributed by atoms with Gasteiger partial charge in [0.2, 0.25) is 21.8 Å². The summed E-state index contributed by atoms with van der Waals surface area (Å²) in [6.45, 7) is 3.64. The number of carbonyl (C=O) groups excluding carboxylic acids is 3. The first-order valence-corrected chi connectivity index (χ1v) is 13.0. The van der Waals surface area contributed by atoms with E-state index < -0.39 is 39.3 Å². The second-order valence-corrected chi connectivity index (χ2v) is 10.2. The number of nitrogens with zero attached hydrogens (tertiary/aromatic N) is 1. The first-order chi connectivity index (χ1) is 15.7. The highest BCUT2D eigenvalue weighted by atomic mass is 32.2. The molecule has 4 amide bonds. The number of hydrogen-bond acceptors (Lipinski definition) is 7. The quantitative estimate of drug-likeness (QED) is 0.291. The molecule has 0 bridgehead atoms. The first-order valence-electron chi connectivity index (χ1n) is 11.5. The average molecular weight is 480 g/mol. The molecule has 2 heterocycles. The Hall–Kier alpha value is -2.50. The molecule has 5 N–H and O–H groups in total. The second-order valence-electron chi connectivity index (χ2n) is 8.68. The number of benzene rings is 1. The summed E-state index contributed by atoms with van der Waals surface area (Å²) in [6, 6.07) is 4.70. The van der Waals surface area contributed by atoms with Crippen molar-refractivity contribution in [3.8, 4) is 0 Å². The summed E-state index contributed by atoms with van der Waals surface area (Å²) >= 11 is 0. The van der Waals surface area contributed by atoms with E-state index in [9.17, 15) is 22.8 Å². The van der Waals surface area contributed by atoms with E-state index in [2.05, 4.69) is 22.9 Å². The monoisotopic (exact) mass is 479 g/mol. The molecule has 1 aromatic carbocycles. The number of barbiturate groups is 1. The molecule has 2 saturated heterocycles. The number of piperazine rings is 1. The Bertz CT molecular complexity index is 959. The molecule has 182 valence electrons. The molecule has 3 rings (SSSR count). The topological polar surface area (TPSA) is 151 Å². The summed E-state index contributed by atoms with van der Waals surface area (Å²) in [5.41, 5.74) is -0.779. The Morgan fingerprint density at radius 2 is 1.61 bits per heavy atom. The number of carbonyl (C=O) groups is 3. The third kappa shape index (κ3) is 5.53. The van der Waals surface area contributed by atoms with E-state index in [-0.39, 0.29) is 4.90 Å². The van der Waals surface area contributed by atoms with Crippen molar-refractivity contribution >= 4 is 33.6 Å². The first kappa shape index (κ1) is 25.1. The lowest BCUT2D eigenvalue weighted by atomic mass is 9.71. The van der Waals surface area contributed by atoms with Crippen LogP contribution in [0.5, 0.6) is 0 Å². The van der Waals surface area contributed by atoms with E-state index in [1.165, 1.54) is 12.1 Å². The number of sulfonamides is 1. The van der Waals surface area contributed by atoms with Gasteiger partial charge in [0, 0.05) is 25.3 Å². The van der Waals surface area contributed by atoms with Gasteiger partial charge >= 0.3 is 6.03 Å². The summed E-state index contributed by atoms with van der Waals surface area (Å²) in [6.07, 6.45) is 6.27. The highest BCUT2D eigenvalue weighted by Crippen LogP contribution is 2.38. The van der Waals surface area contributed by atoms with Crippen molar-refractivity contribution < 1.29 is 22.8 Å². The summed E-state index contributed by atoms with van der Waals surface area (Å²) in [7, 11) is -3.84. The average Bonchev–Trinajstić information content (AvgIpc) is 2.77. The normalized spacial score (nSPS) is 21.0. The molecule has 0 aromatic heterocycles. The molecular formula is C22H33N5O5S. The molecule has 0 saturated carbocycles. The largest absolute Gasteiger partial charge is 0.364 e. The van der Waals surface area contributed by atoms with Crippen molar-refractivity contribution in [2.24, 2.45) is 10.6 Å². The van der Waals surface area contributed by atoms with Gasteiger partial charge in [-0.15, -0.1) is 0 Å². The fourth-order valence-electron chi connectivity index (χ4n) is 4.73. The molecule has 2 aliphatic heterocycles. The van der Waals surface area contributed by atoms with Crippen LogP contribution in [0.15, 0.2) is 29.2 Å². The van der Waals surface area contributed by atoms with Crippen molar-refractivity contribution in [1.82, 2.24) is 16.0 Å². The molecular weight excluding hydrogens is 446 g/mol. The highest BCUT2D eigenvalue weighted by Gasteiger charge is 2.57. The number of unbranched alkanes of at least 4 members (excludes halogenated alkanes) is 5. The predicted octanol–water partition coefficient (Wildman–Crippen LogP) is 1.22. The molecule has 0 aliphatic carbocycles. The maximum absolute atomic E-state index is 13.2. The van der Waals surface area contributed by atoms with E-state index in [0.29, 0.717) is 38.2 Å². The van der Waals surface area contributed by atoms with Crippen LogP contribution in [0, 0.1) is 5.41 Å². The summed E-state index contributed by atoms with van der Waals surface area (Å²) in [5, 5.41) is 13.1. The fraction of sp³-hybridized carbons (Fsp3) is 0.591. The molecule has 2 aliphatic rings. The Balaban J connectivity index is 1.90. The summed E-state index contributed by atoms with van der Waals surface area (Å²) in [4.78, 5) is 40.2. The number of hydrogen-bond donors (Lipinski definition) is 4. The number of nitrogens with two attached hydrogens (primary N) is 1. The number of urea groups is 1. The Labute approximate surface area is 194 Å². The van der Waals surface area contributed by atoms with Crippen molar-refractivity contribution in [2.75, 3.05) is 24.5 Å². The minimum atomic E-state index is -3.84. The van der Waals surface area contributed by atoms with E-state index in [1.54, 1.807) is 12.1 Å². The Kier molecular flexibility index (Phi) is 8.09. The minimum Gasteiger partial charge on any atom is -0.364 e. The van der Waals surface area contributed by atoms with Gasteiger partial charge in [-0.2, -0.15) is 0 Å². The summed E-state index contributed by atoms with van der Waals surface area (Å²) in [5.74, 6) is -1.19. The van der Waals surface area contributed by atoms with Crippen LogP contribution in [0.3, 0.4) is 0 Å². The lowest BCUT2D eigenvalue weighted by Gasteiger charge is -2.48. The number of primary sulfonamides is 1. The third-order valence-corrected chi connectivity index (χ3v) is 7.43. The Morgan fingerprint density at radius 3 is 2.21 bits per heavy atom.